The lowest BCUT2D eigenvalue weighted by atomic mass is 10.0. The predicted molar refractivity (Wildman–Crippen MR) is 62.3 cm³/mol. The van der Waals surface area contributed by atoms with Crippen LogP contribution in [-0.2, 0) is 16.7 Å². The van der Waals surface area contributed by atoms with Crippen LogP contribution in [0.25, 0.3) is 0 Å². The second kappa shape index (κ2) is 4.53. The van der Waals surface area contributed by atoms with Gasteiger partial charge in [-0.1, -0.05) is 0 Å². The van der Waals surface area contributed by atoms with Gasteiger partial charge in [0.15, 0.2) is 0 Å². The smallest absolute Gasteiger partial charge is 0.135 e. The standard InChI is InChI=1S/C12H21N3O/c1-12(2,3)15-9-13-14-11(15)8-10-6-4-5-7-16-10/h9-10H,4-8H2,1-3H3. The van der Waals surface area contributed by atoms with Gasteiger partial charge in [0.05, 0.1) is 6.10 Å². The van der Waals surface area contributed by atoms with Crippen LogP contribution >= 0.6 is 0 Å². The highest BCUT2D eigenvalue weighted by molar-refractivity contribution is 4.94. The fourth-order valence-electron chi connectivity index (χ4n) is 2.13. The molecule has 0 radical (unpaired) electrons. The molecular formula is C12H21N3O. The SMILES string of the molecule is CC(C)(C)n1cnnc1CC1CCCCO1. The van der Waals surface area contributed by atoms with Gasteiger partial charge in [-0.25, -0.2) is 0 Å². The molecule has 0 aliphatic carbocycles. The summed E-state index contributed by atoms with van der Waals surface area (Å²) < 4.78 is 7.88. The molecule has 4 heteroatoms. The first kappa shape index (κ1) is 11.6. The summed E-state index contributed by atoms with van der Waals surface area (Å²) in [6.07, 6.45) is 6.66. The van der Waals surface area contributed by atoms with Crippen molar-refractivity contribution in [3.8, 4) is 0 Å². The summed E-state index contributed by atoms with van der Waals surface area (Å²) in [5.74, 6) is 1.04. The Bertz CT molecular complexity index is 334. The summed E-state index contributed by atoms with van der Waals surface area (Å²) in [6.45, 7) is 7.40. The molecule has 1 fully saturated rings. The third kappa shape index (κ3) is 2.61. The second-order valence-electron chi connectivity index (χ2n) is 5.48. The second-order valence-corrected chi connectivity index (χ2v) is 5.48. The number of aromatic nitrogens is 3. The van der Waals surface area contributed by atoms with E-state index in [0.29, 0.717) is 6.10 Å². The normalized spacial score (nSPS) is 22.3. The summed E-state index contributed by atoms with van der Waals surface area (Å²) in [7, 11) is 0. The van der Waals surface area contributed by atoms with E-state index in [0.717, 1.165) is 25.3 Å². The highest BCUT2D eigenvalue weighted by Crippen LogP contribution is 2.20. The third-order valence-electron chi connectivity index (χ3n) is 3.03. The molecule has 0 saturated carbocycles. The Hall–Kier alpha value is -0.900. The van der Waals surface area contributed by atoms with Crippen LogP contribution in [0.4, 0.5) is 0 Å². The van der Waals surface area contributed by atoms with Crippen molar-refractivity contribution in [1.29, 1.82) is 0 Å². The molecule has 16 heavy (non-hydrogen) atoms. The van der Waals surface area contributed by atoms with Gasteiger partial charge in [-0.15, -0.1) is 10.2 Å². The van der Waals surface area contributed by atoms with Gasteiger partial charge in [-0.05, 0) is 40.0 Å². The van der Waals surface area contributed by atoms with Crippen molar-refractivity contribution in [1.82, 2.24) is 14.8 Å². The minimum atomic E-state index is 0.0491. The van der Waals surface area contributed by atoms with E-state index in [1.807, 2.05) is 6.33 Å². The van der Waals surface area contributed by atoms with Crippen LogP contribution in [0.1, 0.15) is 45.9 Å². The van der Waals surface area contributed by atoms with Crippen LogP contribution in [0.3, 0.4) is 0 Å². The number of nitrogens with zero attached hydrogens (tertiary/aromatic N) is 3. The molecule has 1 aromatic heterocycles. The van der Waals surface area contributed by atoms with Gasteiger partial charge in [0, 0.05) is 18.6 Å². The maximum absolute atomic E-state index is 5.74. The zero-order valence-corrected chi connectivity index (χ0v) is 10.4. The largest absolute Gasteiger partial charge is 0.378 e. The maximum Gasteiger partial charge on any atom is 0.135 e. The minimum absolute atomic E-state index is 0.0491. The fraction of sp³-hybridized carbons (Fsp3) is 0.833. The molecule has 1 saturated heterocycles. The summed E-state index contributed by atoms with van der Waals surface area (Å²) in [4.78, 5) is 0. The first-order chi connectivity index (χ1) is 7.57. The van der Waals surface area contributed by atoms with E-state index in [9.17, 15) is 0 Å². The van der Waals surface area contributed by atoms with E-state index >= 15 is 0 Å². The third-order valence-corrected chi connectivity index (χ3v) is 3.03. The highest BCUT2D eigenvalue weighted by atomic mass is 16.5. The van der Waals surface area contributed by atoms with Gasteiger partial charge in [0.2, 0.25) is 0 Å². The average molecular weight is 223 g/mol. The van der Waals surface area contributed by atoms with Gasteiger partial charge < -0.3 is 9.30 Å². The topological polar surface area (TPSA) is 39.9 Å². The first-order valence-corrected chi connectivity index (χ1v) is 6.08. The molecule has 0 N–H and O–H groups in total. The van der Waals surface area contributed by atoms with Crippen molar-refractivity contribution < 1.29 is 4.74 Å². The zero-order chi connectivity index (χ0) is 11.6. The van der Waals surface area contributed by atoms with Gasteiger partial charge in [-0.3, -0.25) is 0 Å². The molecule has 1 atom stereocenters. The summed E-state index contributed by atoms with van der Waals surface area (Å²) in [6, 6.07) is 0. The maximum atomic E-state index is 5.74. The molecule has 0 bridgehead atoms. The van der Waals surface area contributed by atoms with Crippen LogP contribution in [-0.4, -0.2) is 27.5 Å². The van der Waals surface area contributed by atoms with E-state index in [1.165, 1.54) is 12.8 Å². The molecule has 2 rings (SSSR count). The van der Waals surface area contributed by atoms with Crippen molar-refractivity contribution in [3.63, 3.8) is 0 Å². The number of hydrogen-bond donors (Lipinski definition) is 0. The number of rotatable bonds is 2. The molecule has 0 amide bonds. The molecular weight excluding hydrogens is 202 g/mol. The minimum Gasteiger partial charge on any atom is -0.378 e. The van der Waals surface area contributed by atoms with E-state index in [1.54, 1.807) is 0 Å². The molecule has 0 aromatic carbocycles. The van der Waals surface area contributed by atoms with Gasteiger partial charge in [-0.2, -0.15) is 0 Å². The lowest BCUT2D eigenvalue weighted by Crippen LogP contribution is -2.28. The van der Waals surface area contributed by atoms with Crippen LogP contribution < -0.4 is 0 Å². The van der Waals surface area contributed by atoms with E-state index in [4.69, 9.17) is 4.74 Å². The number of hydrogen-bond acceptors (Lipinski definition) is 3. The Balaban J connectivity index is 2.06. The quantitative estimate of drug-likeness (QED) is 0.771. The summed E-state index contributed by atoms with van der Waals surface area (Å²) >= 11 is 0. The highest BCUT2D eigenvalue weighted by Gasteiger charge is 2.22. The monoisotopic (exact) mass is 223 g/mol. The molecule has 0 spiro atoms. The van der Waals surface area contributed by atoms with Crippen LogP contribution in [0.15, 0.2) is 6.33 Å². The molecule has 1 aliphatic heterocycles. The summed E-state index contributed by atoms with van der Waals surface area (Å²) in [5, 5.41) is 8.22. The Kier molecular flexibility index (Phi) is 3.28. The lowest BCUT2D eigenvalue weighted by Gasteiger charge is -2.26. The Labute approximate surface area is 97.0 Å². The van der Waals surface area contributed by atoms with Gasteiger partial charge in [0.25, 0.3) is 0 Å². The van der Waals surface area contributed by atoms with Crippen molar-refractivity contribution in [2.75, 3.05) is 6.61 Å². The van der Waals surface area contributed by atoms with E-state index < -0.39 is 0 Å². The van der Waals surface area contributed by atoms with Gasteiger partial charge >= 0.3 is 0 Å². The van der Waals surface area contributed by atoms with E-state index in [-0.39, 0.29) is 5.54 Å². The zero-order valence-electron chi connectivity index (χ0n) is 10.4. The first-order valence-electron chi connectivity index (χ1n) is 6.08. The number of ether oxygens (including phenoxy) is 1. The van der Waals surface area contributed by atoms with Crippen LogP contribution in [0.2, 0.25) is 0 Å². The Morgan fingerprint density at radius 2 is 2.25 bits per heavy atom. The van der Waals surface area contributed by atoms with Crippen molar-refractivity contribution in [3.05, 3.63) is 12.2 Å². The van der Waals surface area contributed by atoms with Gasteiger partial charge in [0.1, 0.15) is 12.2 Å². The van der Waals surface area contributed by atoms with Crippen molar-refractivity contribution >= 4 is 0 Å². The molecule has 1 aliphatic rings. The van der Waals surface area contributed by atoms with Crippen molar-refractivity contribution in [2.24, 2.45) is 0 Å². The molecule has 90 valence electrons. The van der Waals surface area contributed by atoms with E-state index in [2.05, 4.69) is 35.5 Å². The molecule has 2 heterocycles. The molecule has 4 nitrogen and oxygen atoms in total. The van der Waals surface area contributed by atoms with Crippen molar-refractivity contribution in [2.45, 2.75) is 58.1 Å². The lowest BCUT2D eigenvalue weighted by molar-refractivity contribution is 0.0147. The fourth-order valence-corrected chi connectivity index (χ4v) is 2.13. The molecule has 1 aromatic rings. The van der Waals surface area contributed by atoms with Crippen LogP contribution in [0.5, 0.6) is 0 Å². The average Bonchev–Trinajstić information content (AvgIpc) is 2.67. The summed E-state index contributed by atoms with van der Waals surface area (Å²) in [5.41, 5.74) is 0.0491. The Morgan fingerprint density at radius 3 is 2.88 bits per heavy atom. The molecule has 1 unspecified atom stereocenters. The Morgan fingerprint density at radius 1 is 1.44 bits per heavy atom. The van der Waals surface area contributed by atoms with Crippen LogP contribution in [0, 0.1) is 0 Å². The predicted octanol–water partition coefficient (Wildman–Crippen LogP) is 2.14.